The van der Waals surface area contributed by atoms with Crippen molar-refractivity contribution < 1.29 is 23.8 Å². The van der Waals surface area contributed by atoms with Gasteiger partial charge in [-0.3, -0.25) is 9.69 Å². The molecule has 2 aromatic rings. The summed E-state index contributed by atoms with van der Waals surface area (Å²) in [4.78, 5) is 15.7. The second-order valence-electron chi connectivity index (χ2n) is 10.0. The number of amides is 1. The van der Waals surface area contributed by atoms with Gasteiger partial charge in [-0.1, -0.05) is 48.4 Å². The fraction of sp³-hybridized carbons (Fsp3) is 0.536. The van der Waals surface area contributed by atoms with Crippen LogP contribution in [-0.2, 0) is 14.3 Å². The van der Waals surface area contributed by atoms with E-state index >= 15 is 4.39 Å². The molecule has 2 aromatic carbocycles. The highest BCUT2D eigenvalue weighted by Crippen LogP contribution is 2.45. The largest absolute Gasteiger partial charge is 0.390 e. The van der Waals surface area contributed by atoms with E-state index in [4.69, 9.17) is 15.2 Å². The Morgan fingerprint density at radius 2 is 2.08 bits per heavy atom. The van der Waals surface area contributed by atoms with Gasteiger partial charge in [-0.15, -0.1) is 0 Å². The van der Waals surface area contributed by atoms with Crippen LogP contribution in [0, 0.1) is 12.7 Å². The number of likely N-dealkylation sites (tertiary alicyclic amines) is 1. The van der Waals surface area contributed by atoms with Crippen molar-refractivity contribution in [3.63, 3.8) is 0 Å². The predicted octanol–water partition coefficient (Wildman–Crippen LogP) is 2.89. The summed E-state index contributed by atoms with van der Waals surface area (Å²) in [6, 6.07) is 12.6. The minimum absolute atomic E-state index is 0.277. The van der Waals surface area contributed by atoms with Crippen LogP contribution in [0.3, 0.4) is 0 Å². The maximum Gasteiger partial charge on any atom is 0.209 e. The van der Waals surface area contributed by atoms with Gasteiger partial charge in [0.15, 0.2) is 0 Å². The summed E-state index contributed by atoms with van der Waals surface area (Å²) in [5, 5.41) is 10.6. The number of ether oxygens (including phenoxy) is 2. The predicted molar refractivity (Wildman–Crippen MR) is 137 cm³/mol. The lowest BCUT2D eigenvalue weighted by Gasteiger charge is -2.52. The van der Waals surface area contributed by atoms with Gasteiger partial charge in [0.05, 0.1) is 19.3 Å². The van der Waals surface area contributed by atoms with Crippen LogP contribution in [0.4, 0.5) is 4.39 Å². The Hall–Kier alpha value is -2.36. The highest BCUT2D eigenvalue weighted by Gasteiger charge is 2.52. The highest BCUT2D eigenvalue weighted by molar-refractivity contribution is 5.70. The molecule has 7 nitrogen and oxygen atoms in total. The van der Waals surface area contributed by atoms with E-state index in [1.54, 1.807) is 18.1 Å². The topological polar surface area (TPSA) is 88.3 Å². The van der Waals surface area contributed by atoms with Crippen molar-refractivity contribution in [3.05, 3.63) is 59.4 Å². The number of benzene rings is 2. The van der Waals surface area contributed by atoms with E-state index in [-0.39, 0.29) is 11.7 Å². The maximum atomic E-state index is 15.6. The molecular formula is C28H38FN3O4. The third-order valence-corrected chi connectivity index (χ3v) is 7.54. The first kappa shape index (κ1) is 26.7. The summed E-state index contributed by atoms with van der Waals surface area (Å²) in [6.45, 7) is 4.53. The average molecular weight is 500 g/mol. The molecule has 0 unspecified atom stereocenters. The maximum absolute atomic E-state index is 15.6. The van der Waals surface area contributed by atoms with Crippen LogP contribution in [0.1, 0.15) is 36.3 Å². The van der Waals surface area contributed by atoms with Crippen LogP contribution >= 0.6 is 0 Å². The molecule has 196 valence electrons. The molecule has 4 atom stereocenters. The van der Waals surface area contributed by atoms with E-state index in [0.717, 1.165) is 35.9 Å². The molecule has 36 heavy (non-hydrogen) atoms. The van der Waals surface area contributed by atoms with Crippen LogP contribution in [0.5, 0.6) is 0 Å². The summed E-state index contributed by atoms with van der Waals surface area (Å²) < 4.78 is 27.5. The van der Waals surface area contributed by atoms with Gasteiger partial charge < -0.3 is 25.2 Å². The smallest absolute Gasteiger partial charge is 0.209 e. The average Bonchev–Trinajstić information content (AvgIpc) is 3.22. The Bertz CT molecular complexity index is 1030. The molecule has 0 bridgehead atoms. The molecule has 2 aliphatic heterocycles. The molecule has 0 saturated carbocycles. The second-order valence-corrected chi connectivity index (χ2v) is 10.0. The van der Waals surface area contributed by atoms with Crippen molar-refractivity contribution in [3.8, 4) is 11.1 Å². The first-order valence-corrected chi connectivity index (χ1v) is 12.8. The number of β-amino-alcohol motifs (C(OH)–C–C–N with tert-alkyl or cyclic N) is 1. The standard InChI is InChI=1S/C28H38FN3O4/c1-20-7-5-8-21(15-20)27-22(9-6-11-24(27)29)23(10-3-4-13-35-2)28(18-31(19-33)12-14-36-28)32-16-25(30)26(34)17-32/h5-9,11,15,19,23,25-26,34H,3-4,10,12-14,16-18,30H2,1-2H3/t23-,25+,26-,28+/m0/s1. The lowest BCUT2D eigenvalue weighted by Crippen LogP contribution is -2.64. The fourth-order valence-corrected chi connectivity index (χ4v) is 5.74. The van der Waals surface area contributed by atoms with Gasteiger partial charge in [-0.25, -0.2) is 4.39 Å². The SMILES string of the molecule is COCCCC[C@@H](c1cccc(F)c1-c1cccc(C)c1)[C@@]1(N2C[C@@H](N)[C@@H](O)C2)CN(C=O)CCO1. The number of nitrogens with two attached hydrogens (primary N) is 1. The molecule has 0 spiro atoms. The molecule has 0 radical (unpaired) electrons. The van der Waals surface area contributed by atoms with Crippen molar-refractivity contribution in [2.45, 2.75) is 50.0 Å². The summed E-state index contributed by atoms with van der Waals surface area (Å²) in [5.41, 5.74) is 8.52. The number of morpholine rings is 1. The van der Waals surface area contributed by atoms with E-state index in [9.17, 15) is 9.90 Å². The van der Waals surface area contributed by atoms with Crippen LogP contribution in [0.15, 0.2) is 42.5 Å². The molecule has 2 aliphatic rings. The number of unbranched alkanes of at least 4 members (excludes halogenated alkanes) is 1. The Morgan fingerprint density at radius 1 is 1.28 bits per heavy atom. The number of halogens is 1. The molecule has 2 fully saturated rings. The summed E-state index contributed by atoms with van der Waals surface area (Å²) in [6.07, 6.45) is 2.52. The molecule has 0 aliphatic carbocycles. The quantitative estimate of drug-likeness (QED) is 0.386. The summed E-state index contributed by atoms with van der Waals surface area (Å²) in [5.74, 6) is -0.572. The van der Waals surface area contributed by atoms with Gasteiger partial charge >= 0.3 is 0 Å². The van der Waals surface area contributed by atoms with E-state index in [0.29, 0.717) is 51.4 Å². The van der Waals surface area contributed by atoms with Gasteiger partial charge in [0.2, 0.25) is 6.41 Å². The Labute approximate surface area is 213 Å². The fourth-order valence-electron chi connectivity index (χ4n) is 5.74. The van der Waals surface area contributed by atoms with Gasteiger partial charge in [0.25, 0.3) is 0 Å². The van der Waals surface area contributed by atoms with E-state index in [2.05, 4.69) is 4.90 Å². The van der Waals surface area contributed by atoms with Gasteiger partial charge in [-0.05, 0) is 37.0 Å². The number of methoxy groups -OCH3 is 1. The van der Waals surface area contributed by atoms with Gasteiger partial charge in [-0.2, -0.15) is 0 Å². The molecular weight excluding hydrogens is 461 g/mol. The molecule has 2 saturated heterocycles. The zero-order valence-electron chi connectivity index (χ0n) is 21.2. The zero-order valence-corrected chi connectivity index (χ0v) is 21.2. The van der Waals surface area contributed by atoms with Crippen LogP contribution in [-0.4, -0.2) is 85.7 Å². The van der Waals surface area contributed by atoms with Crippen molar-refractivity contribution in [1.82, 2.24) is 9.80 Å². The first-order chi connectivity index (χ1) is 17.4. The van der Waals surface area contributed by atoms with Crippen molar-refractivity contribution >= 4 is 6.41 Å². The Morgan fingerprint density at radius 3 is 2.78 bits per heavy atom. The summed E-state index contributed by atoms with van der Waals surface area (Å²) >= 11 is 0. The van der Waals surface area contributed by atoms with E-state index < -0.39 is 17.9 Å². The highest BCUT2D eigenvalue weighted by atomic mass is 19.1. The normalized spacial score (nSPS) is 25.8. The van der Waals surface area contributed by atoms with Crippen molar-refractivity contribution in [1.29, 1.82) is 0 Å². The van der Waals surface area contributed by atoms with Crippen LogP contribution in [0.25, 0.3) is 11.1 Å². The lowest BCUT2D eigenvalue weighted by molar-refractivity contribution is -0.207. The number of nitrogens with zero attached hydrogens (tertiary/aromatic N) is 2. The van der Waals surface area contributed by atoms with Gasteiger partial charge in [0, 0.05) is 50.9 Å². The van der Waals surface area contributed by atoms with Crippen LogP contribution < -0.4 is 5.73 Å². The second kappa shape index (κ2) is 11.8. The molecule has 2 heterocycles. The first-order valence-electron chi connectivity index (χ1n) is 12.8. The number of carbonyl (C=O) groups excluding carboxylic acids is 1. The number of aryl methyl sites for hydroxylation is 1. The third kappa shape index (κ3) is 5.48. The number of hydrogen-bond donors (Lipinski definition) is 2. The minimum Gasteiger partial charge on any atom is -0.390 e. The zero-order chi connectivity index (χ0) is 25.7. The van der Waals surface area contributed by atoms with E-state index in [1.165, 1.54) is 6.07 Å². The monoisotopic (exact) mass is 499 g/mol. The molecule has 0 aromatic heterocycles. The number of rotatable bonds is 10. The number of aliphatic hydroxyl groups is 1. The Kier molecular flexibility index (Phi) is 8.74. The number of hydrogen-bond acceptors (Lipinski definition) is 6. The molecule has 8 heteroatoms. The van der Waals surface area contributed by atoms with Crippen molar-refractivity contribution in [2.75, 3.05) is 46.5 Å². The number of carbonyl (C=O) groups is 1. The molecule has 3 N–H and O–H groups in total. The molecule has 4 rings (SSSR count). The third-order valence-electron chi connectivity index (χ3n) is 7.54. The Balaban J connectivity index is 1.86. The van der Waals surface area contributed by atoms with E-state index in [1.807, 2.05) is 37.3 Å². The van der Waals surface area contributed by atoms with Gasteiger partial charge in [0.1, 0.15) is 11.5 Å². The number of aliphatic hydroxyl groups excluding tert-OH is 1. The molecule has 1 amide bonds. The summed E-state index contributed by atoms with van der Waals surface area (Å²) in [7, 11) is 1.68. The van der Waals surface area contributed by atoms with Crippen molar-refractivity contribution in [2.24, 2.45) is 5.73 Å². The minimum atomic E-state index is -0.951. The lowest BCUT2D eigenvalue weighted by atomic mass is 9.78. The van der Waals surface area contributed by atoms with Crippen LogP contribution in [0.2, 0.25) is 0 Å².